The van der Waals surface area contributed by atoms with Gasteiger partial charge in [-0.3, -0.25) is 4.31 Å². The van der Waals surface area contributed by atoms with Crippen LogP contribution >= 0.6 is 0 Å². The second-order valence-corrected chi connectivity index (χ2v) is 6.58. The molecule has 0 radical (unpaired) electrons. The fourth-order valence-corrected chi connectivity index (χ4v) is 3.56. The maximum Gasteiger partial charge on any atom is 0.239 e. The van der Waals surface area contributed by atoms with Crippen molar-refractivity contribution in [3.8, 4) is 5.75 Å². The molecule has 5 nitrogen and oxygen atoms in total. The molecular weight excluding hydrogens is 252 g/mol. The van der Waals surface area contributed by atoms with E-state index in [2.05, 4.69) is 5.32 Å². The standard InChI is InChI=1S/C12H18N2O3S/c1-10-9-13-7-8-14(18(10,15)16)11-5-3-4-6-12(11)17-2/h3-6,10,13H,7-9H2,1-2H3. The lowest BCUT2D eigenvalue weighted by Crippen LogP contribution is -2.38. The Morgan fingerprint density at radius 3 is 2.83 bits per heavy atom. The van der Waals surface area contributed by atoms with Gasteiger partial charge in [0.25, 0.3) is 0 Å². The number of anilines is 1. The SMILES string of the molecule is COc1ccccc1N1CCNCC(C)S1(=O)=O. The van der Waals surface area contributed by atoms with Gasteiger partial charge in [0.2, 0.25) is 10.0 Å². The highest BCUT2D eigenvalue weighted by Crippen LogP contribution is 2.31. The smallest absolute Gasteiger partial charge is 0.239 e. The molecule has 0 spiro atoms. The molecule has 1 atom stereocenters. The zero-order valence-corrected chi connectivity index (χ0v) is 11.4. The molecule has 1 aliphatic rings. The minimum absolute atomic E-state index is 0.424. The van der Waals surface area contributed by atoms with Crippen LogP contribution in [0.15, 0.2) is 24.3 Å². The molecule has 0 saturated carbocycles. The van der Waals surface area contributed by atoms with Crippen LogP contribution < -0.4 is 14.4 Å². The quantitative estimate of drug-likeness (QED) is 0.864. The van der Waals surface area contributed by atoms with Crippen LogP contribution in [-0.2, 0) is 10.0 Å². The Balaban J connectivity index is 2.47. The lowest BCUT2D eigenvalue weighted by Gasteiger charge is -2.25. The first-order chi connectivity index (χ1) is 8.57. The topological polar surface area (TPSA) is 58.6 Å². The predicted molar refractivity (Wildman–Crippen MR) is 71.6 cm³/mol. The van der Waals surface area contributed by atoms with E-state index in [1.807, 2.05) is 12.1 Å². The van der Waals surface area contributed by atoms with Crippen molar-refractivity contribution in [1.29, 1.82) is 0 Å². The normalized spacial score (nSPS) is 23.4. The van der Waals surface area contributed by atoms with E-state index in [1.165, 1.54) is 4.31 Å². The van der Waals surface area contributed by atoms with Crippen LogP contribution in [0.25, 0.3) is 0 Å². The van der Waals surface area contributed by atoms with Crippen molar-refractivity contribution in [3.63, 3.8) is 0 Å². The summed E-state index contributed by atoms with van der Waals surface area (Å²) in [6.45, 7) is 3.26. The summed E-state index contributed by atoms with van der Waals surface area (Å²) in [5.41, 5.74) is 0.607. The summed E-state index contributed by atoms with van der Waals surface area (Å²) >= 11 is 0. The predicted octanol–water partition coefficient (Wildman–Crippen LogP) is 0.823. The molecule has 1 unspecified atom stereocenters. The Kier molecular flexibility index (Phi) is 3.77. The molecule has 1 N–H and O–H groups in total. The molecule has 0 aliphatic carbocycles. The Morgan fingerprint density at radius 2 is 2.11 bits per heavy atom. The van der Waals surface area contributed by atoms with Crippen LogP contribution in [0.5, 0.6) is 5.75 Å². The molecule has 100 valence electrons. The fourth-order valence-electron chi connectivity index (χ4n) is 2.03. The summed E-state index contributed by atoms with van der Waals surface area (Å²) in [4.78, 5) is 0. The zero-order valence-electron chi connectivity index (χ0n) is 10.6. The van der Waals surface area contributed by atoms with Crippen molar-refractivity contribution in [2.24, 2.45) is 0 Å². The third-order valence-electron chi connectivity index (χ3n) is 3.09. The number of para-hydroxylation sites is 2. The van der Waals surface area contributed by atoms with Gasteiger partial charge in [-0.15, -0.1) is 0 Å². The van der Waals surface area contributed by atoms with Gasteiger partial charge in [0, 0.05) is 19.6 Å². The second-order valence-electron chi connectivity index (χ2n) is 4.30. The largest absolute Gasteiger partial charge is 0.495 e. The van der Waals surface area contributed by atoms with E-state index >= 15 is 0 Å². The highest BCUT2D eigenvalue weighted by atomic mass is 32.2. The van der Waals surface area contributed by atoms with E-state index in [9.17, 15) is 8.42 Å². The average molecular weight is 270 g/mol. The summed E-state index contributed by atoms with van der Waals surface area (Å²) in [7, 11) is -1.79. The average Bonchev–Trinajstić information content (AvgIpc) is 2.50. The molecule has 0 amide bonds. The van der Waals surface area contributed by atoms with Gasteiger partial charge in [0.1, 0.15) is 5.75 Å². The lowest BCUT2D eigenvalue weighted by molar-refractivity contribution is 0.415. The molecule has 1 aliphatic heterocycles. The van der Waals surface area contributed by atoms with E-state index in [0.29, 0.717) is 31.1 Å². The summed E-state index contributed by atoms with van der Waals surface area (Å²) < 4.78 is 31.5. The molecule has 2 rings (SSSR count). The van der Waals surface area contributed by atoms with Crippen LogP contribution in [0, 0.1) is 0 Å². The van der Waals surface area contributed by atoms with Crippen molar-refractivity contribution >= 4 is 15.7 Å². The fraction of sp³-hybridized carbons (Fsp3) is 0.500. The van der Waals surface area contributed by atoms with Gasteiger partial charge in [-0.25, -0.2) is 8.42 Å². The highest BCUT2D eigenvalue weighted by molar-refractivity contribution is 7.93. The molecule has 0 bridgehead atoms. The van der Waals surface area contributed by atoms with Crippen molar-refractivity contribution in [2.75, 3.05) is 31.0 Å². The van der Waals surface area contributed by atoms with Crippen LogP contribution in [0.4, 0.5) is 5.69 Å². The van der Waals surface area contributed by atoms with Crippen LogP contribution in [0.2, 0.25) is 0 Å². The molecule has 0 aromatic heterocycles. The van der Waals surface area contributed by atoms with Gasteiger partial charge >= 0.3 is 0 Å². The third kappa shape index (κ3) is 2.30. The Labute approximate surface area is 108 Å². The number of ether oxygens (including phenoxy) is 1. The van der Waals surface area contributed by atoms with Gasteiger partial charge in [0.05, 0.1) is 18.0 Å². The van der Waals surface area contributed by atoms with Crippen LogP contribution in [-0.4, -0.2) is 40.4 Å². The van der Waals surface area contributed by atoms with Gasteiger partial charge in [-0.05, 0) is 19.1 Å². The first-order valence-electron chi connectivity index (χ1n) is 5.92. The number of hydrogen-bond acceptors (Lipinski definition) is 4. The van der Waals surface area contributed by atoms with Crippen LogP contribution in [0.1, 0.15) is 6.92 Å². The molecule has 1 fully saturated rings. The van der Waals surface area contributed by atoms with Crippen molar-refractivity contribution < 1.29 is 13.2 Å². The first-order valence-corrected chi connectivity index (χ1v) is 7.43. The van der Waals surface area contributed by atoms with E-state index in [4.69, 9.17) is 4.74 Å². The monoisotopic (exact) mass is 270 g/mol. The molecule has 1 aromatic carbocycles. The number of sulfonamides is 1. The van der Waals surface area contributed by atoms with E-state index in [0.717, 1.165) is 0 Å². The van der Waals surface area contributed by atoms with Gasteiger partial charge in [0.15, 0.2) is 0 Å². The third-order valence-corrected chi connectivity index (χ3v) is 5.27. The van der Waals surface area contributed by atoms with Crippen molar-refractivity contribution in [2.45, 2.75) is 12.2 Å². The Bertz CT molecular complexity index is 516. The number of hydrogen-bond donors (Lipinski definition) is 1. The summed E-state index contributed by atoms with van der Waals surface area (Å²) in [5.74, 6) is 0.579. The van der Waals surface area contributed by atoms with Crippen LogP contribution in [0.3, 0.4) is 0 Å². The summed E-state index contributed by atoms with van der Waals surface area (Å²) in [6.07, 6.45) is 0. The molecule has 18 heavy (non-hydrogen) atoms. The first kappa shape index (κ1) is 13.2. The molecule has 1 aromatic rings. The Morgan fingerprint density at radius 1 is 1.39 bits per heavy atom. The minimum atomic E-state index is -3.33. The molecular formula is C12H18N2O3S. The highest BCUT2D eigenvalue weighted by Gasteiger charge is 2.32. The number of nitrogens with zero attached hydrogens (tertiary/aromatic N) is 1. The number of nitrogens with one attached hydrogen (secondary N) is 1. The van der Waals surface area contributed by atoms with E-state index < -0.39 is 15.3 Å². The van der Waals surface area contributed by atoms with E-state index in [-0.39, 0.29) is 0 Å². The summed E-state index contributed by atoms with van der Waals surface area (Å²) in [6, 6.07) is 7.19. The Hall–Kier alpha value is -1.27. The maximum absolute atomic E-state index is 12.4. The molecule has 1 heterocycles. The van der Waals surface area contributed by atoms with Gasteiger partial charge in [-0.1, -0.05) is 12.1 Å². The van der Waals surface area contributed by atoms with Crippen molar-refractivity contribution in [3.05, 3.63) is 24.3 Å². The number of methoxy groups -OCH3 is 1. The zero-order chi connectivity index (χ0) is 13.2. The summed E-state index contributed by atoms with van der Waals surface area (Å²) in [5, 5.41) is 2.69. The van der Waals surface area contributed by atoms with E-state index in [1.54, 1.807) is 26.2 Å². The van der Waals surface area contributed by atoms with Gasteiger partial charge in [-0.2, -0.15) is 0 Å². The van der Waals surface area contributed by atoms with Gasteiger partial charge < -0.3 is 10.1 Å². The lowest BCUT2D eigenvalue weighted by atomic mass is 10.3. The minimum Gasteiger partial charge on any atom is -0.495 e. The van der Waals surface area contributed by atoms with Crippen molar-refractivity contribution in [1.82, 2.24) is 5.32 Å². The maximum atomic E-state index is 12.4. The molecule has 1 saturated heterocycles. The molecule has 6 heteroatoms. The number of benzene rings is 1. The number of rotatable bonds is 2. The second kappa shape index (κ2) is 5.16.